The van der Waals surface area contributed by atoms with Gasteiger partial charge in [-0.15, -0.1) is 0 Å². The summed E-state index contributed by atoms with van der Waals surface area (Å²) in [5.74, 6) is 0.350. The zero-order valence-corrected chi connectivity index (χ0v) is 16.9. The maximum atomic E-state index is 12.4. The van der Waals surface area contributed by atoms with Gasteiger partial charge in [0, 0.05) is 23.5 Å². The Morgan fingerprint density at radius 2 is 1.69 bits per heavy atom. The highest BCUT2D eigenvalue weighted by Gasteiger charge is 2.29. The van der Waals surface area contributed by atoms with E-state index in [0.717, 1.165) is 38.9 Å². The Balaban J connectivity index is 1.35. The Morgan fingerprint density at radius 1 is 1.03 bits per heavy atom. The predicted octanol–water partition coefficient (Wildman–Crippen LogP) is 5.33. The van der Waals surface area contributed by atoms with Crippen LogP contribution in [-0.2, 0) is 6.54 Å². The Kier molecular flexibility index (Phi) is 7.61. The molecular formula is C22H25F3N2OS. The largest absolute Gasteiger partial charge is 0.446 e. The van der Waals surface area contributed by atoms with Gasteiger partial charge in [-0.3, -0.25) is 9.69 Å². The molecule has 3 nitrogen and oxygen atoms in total. The Hall–Kier alpha value is -1.99. The number of nitrogens with zero attached hydrogens (tertiary/aromatic N) is 1. The number of benzene rings is 2. The van der Waals surface area contributed by atoms with Crippen LogP contribution < -0.4 is 5.32 Å². The van der Waals surface area contributed by atoms with Gasteiger partial charge in [0.15, 0.2) is 0 Å². The molecule has 1 heterocycles. The highest BCUT2D eigenvalue weighted by Crippen LogP contribution is 2.36. The van der Waals surface area contributed by atoms with Crippen LogP contribution >= 0.6 is 11.8 Å². The van der Waals surface area contributed by atoms with Gasteiger partial charge in [0.05, 0.1) is 0 Å². The SMILES string of the molecule is O=C(NCCC1CCN(Cc2ccccc2)CC1)c1ccc(SC(F)(F)F)cc1. The molecule has 29 heavy (non-hydrogen) atoms. The molecule has 0 saturated carbocycles. The van der Waals surface area contributed by atoms with Crippen molar-refractivity contribution in [1.29, 1.82) is 0 Å². The van der Waals surface area contributed by atoms with E-state index in [1.165, 1.54) is 29.8 Å². The fourth-order valence-electron chi connectivity index (χ4n) is 3.57. The van der Waals surface area contributed by atoms with Crippen molar-refractivity contribution in [3.63, 3.8) is 0 Å². The van der Waals surface area contributed by atoms with E-state index in [1.54, 1.807) is 0 Å². The highest BCUT2D eigenvalue weighted by molar-refractivity contribution is 8.00. The molecule has 0 aliphatic carbocycles. The van der Waals surface area contributed by atoms with E-state index in [-0.39, 0.29) is 22.6 Å². The molecule has 0 aromatic heterocycles. The Labute approximate surface area is 173 Å². The molecule has 2 aromatic carbocycles. The van der Waals surface area contributed by atoms with Crippen molar-refractivity contribution >= 4 is 17.7 Å². The molecule has 0 unspecified atom stereocenters. The standard InChI is InChI=1S/C22H25F3N2OS/c23-22(24,25)29-20-8-6-19(7-9-20)21(28)26-13-10-17-11-14-27(15-12-17)16-18-4-2-1-3-5-18/h1-9,17H,10-16H2,(H,26,28). The van der Waals surface area contributed by atoms with Crippen molar-refractivity contribution < 1.29 is 18.0 Å². The second-order valence-electron chi connectivity index (χ2n) is 7.32. The second-order valence-corrected chi connectivity index (χ2v) is 8.46. The number of hydrogen-bond acceptors (Lipinski definition) is 3. The molecular weight excluding hydrogens is 397 g/mol. The molecule has 7 heteroatoms. The monoisotopic (exact) mass is 422 g/mol. The van der Waals surface area contributed by atoms with Crippen LogP contribution in [0.1, 0.15) is 35.2 Å². The lowest BCUT2D eigenvalue weighted by atomic mass is 9.93. The average molecular weight is 423 g/mol. The van der Waals surface area contributed by atoms with Gasteiger partial charge in [0.1, 0.15) is 0 Å². The first-order valence-corrected chi connectivity index (χ1v) is 10.6. The van der Waals surface area contributed by atoms with Crippen LogP contribution in [0.15, 0.2) is 59.5 Å². The minimum atomic E-state index is -4.32. The number of amides is 1. The molecule has 0 bridgehead atoms. The van der Waals surface area contributed by atoms with E-state index < -0.39 is 5.51 Å². The molecule has 0 atom stereocenters. The number of carbonyl (C=O) groups is 1. The van der Waals surface area contributed by atoms with Crippen LogP contribution in [-0.4, -0.2) is 35.9 Å². The first-order chi connectivity index (χ1) is 13.9. The van der Waals surface area contributed by atoms with E-state index >= 15 is 0 Å². The van der Waals surface area contributed by atoms with Gasteiger partial charge < -0.3 is 5.32 Å². The molecule has 1 N–H and O–H groups in total. The first kappa shape index (κ1) is 21.7. The fourth-order valence-corrected chi connectivity index (χ4v) is 4.11. The zero-order chi connectivity index (χ0) is 20.7. The van der Waals surface area contributed by atoms with Gasteiger partial charge in [-0.2, -0.15) is 13.2 Å². The number of rotatable bonds is 7. The number of halogens is 3. The lowest BCUT2D eigenvalue weighted by Crippen LogP contribution is -2.34. The fraction of sp³-hybridized carbons (Fsp3) is 0.409. The third-order valence-corrected chi connectivity index (χ3v) is 5.88. The summed E-state index contributed by atoms with van der Waals surface area (Å²) in [6.45, 7) is 3.69. The summed E-state index contributed by atoms with van der Waals surface area (Å²) in [6.07, 6.45) is 3.16. The number of piperidine rings is 1. The van der Waals surface area contributed by atoms with Gasteiger partial charge in [0.2, 0.25) is 0 Å². The quantitative estimate of drug-likeness (QED) is 0.612. The molecule has 1 saturated heterocycles. The molecule has 2 aromatic rings. The van der Waals surface area contributed by atoms with E-state index in [1.807, 2.05) is 6.07 Å². The maximum Gasteiger partial charge on any atom is 0.446 e. The van der Waals surface area contributed by atoms with Gasteiger partial charge in [-0.1, -0.05) is 30.3 Å². The van der Waals surface area contributed by atoms with Gasteiger partial charge in [-0.05, 0) is 79.9 Å². The van der Waals surface area contributed by atoms with Gasteiger partial charge in [0.25, 0.3) is 5.91 Å². The van der Waals surface area contributed by atoms with Crippen molar-refractivity contribution in [2.45, 2.75) is 36.2 Å². The van der Waals surface area contributed by atoms with Crippen LogP contribution in [0.2, 0.25) is 0 Å². The first-order valence-electron chi connectivity index (χ1n) is 9.79. The van der Waals surface area contributed by atoms with E-state index in [0.29, 0.717) is 18.0 Å². The summed E-state index contributed by atoms with van der Waals surface area (Å²) in [7, 11) is 0. The summed E-state index contributed by atoms with van der Waals surface area (Å²) in [5, 5.41) is 2.88. The smallest absolute Gasteiger partial charge is 0.352 e. The summed E-state index contributed by atoms with van der Waals surface area (Å²) >= 11 is -0.177. The maximum absolute atomic E-state index is 12.4. The van der Waals surface area contributed by atoms with Crippen molar-refractivity contribution in [2.24, 2.45) is 5.92 Å². The number of alkyl halides is 3. The van der Waals surface area contributed by atoms with Crippen LogP contribution in [0.4, 0.5) is 13.2 Å². The number of thioether (sulfide) groups is 1. The topological polar surface area (TPSA) is 32.3 Å². The summed E-state index contributed by atoms with van der Waals surface area (Å²) in [6, 6.07) is 16.0. The number of hydrogen-bond donors (Lipinski definition) is 1. The number of carbonyl (C=O) groups excluding carboxylic acids is 1. The Bertz CT molecular complexity index is 773. The van der Waals surface area contributed by atoms with Crippen molar-refractivity contribution in [3.8, 4) is 0 Å². The zero-order valence-electron chi connectivity index (χ0n) is 16.1. The van der Waals surface area contributed by atoms with E-state index in [2.05, 4.69) is 34.5 Å². The molecule has 0 radical (unpaired) electrons. The summed E-state index contributed by atoms with van der Waals surface area (Å²) in [4.78, 5) is 14.7. The average Bonchev–Trinajstić information content (AvgIpc) is 2.69. The normalized spacial score (nSPS) is 16.0. The van der Waals surface area contributed by atoms with Crippen molar-refractivity contribution in [3.05, 3.63) is 65.7 Å². The minimum absolute atomic E-state index is 0.0799. The summed E-state index contributed by atoms with van der Waals surface area (Å²) in [5.41, 5.74) is -2.60. The van der Waals surface area contributed by atoms with Crippen LogP contribution in [0.25, 0.3) is 0 Å². The highest BCUT2D eigenvalue weighted by atomic mass is 32.2. The van der Waals surface area contributed by atoms with Gasteiger partial charge >= 0.3 is 5.51 Å². The molecule has 1 aliphatic rings. The second kappa shape index (κ2) is 10.2. The predicted molar refractivity (Wildman–Crippen MR) is 110 cm³/mol. The van der Waals surface area contributed by atoms with E-state index in [9.17, 15) is 18.0 Å². The van der Waals surface area contributed by atoms with Gasteiger partial charge in [-0.25, -0.2) is 0 Å². The van der Waals surface area contributed by atoms with Crippen LogP contribution in [0.3, 0.4) is 0 Å². The molecule has 1 fully saturated rings. The lowest BCUT2D eigenvalue weighted by molar-refractivity contribution is -0.0328. The number of likely N-dealkylation sites (tertiary alicyclic amines) is 1. The third kappa shape index (κ3) is 7.40. The molecule has 1 amide bonds. The Morgan fingerprint density at radius 3 is 2.31 bits per heavy atom. The molecule has 1 aliphatic heterocycles. The summed E-state index contributed by atoms with van der Waals surface area (Å²) < 4.78 is 37.1. The minimum Gasteiger partial charge on any atom is -0.352 e. The number of nitrogens with one attached hydrogen (secondary N) is 1. The van der Waals surface area contributed by atoms with Crippen LogP contribution in [0.5, 0.6) is 0 Å². The third-order valence-electron chi connectivity index (χ3n) is 5.14. The van der Waals surface area contributed by atoms with Crippen molar-refractivity contribution in [1.82, 2.24) is 10.2 Å². The lowest BCUT2D eigenvalue weighted by Gasteiger charge is -2.32. The molecule has 0 spiro atoms. The van der Waals surface area contributed by atoms with E-state index in [4.69, 9.17) is 0 Å². The molecule has 3 rings (SSSR count). The van der Waals surface area contributed by atoms with Crippen molar-refractivity contribution in [2.75, 3.05) is 19.6 Å². The molecule has 156 valence electrons. The van der Waals surface area contributed by atoms with Crippen LogP contribution in [0, 0.1) is 5.92 Å².